The van der Waals surface area contributed by atoms with E-state index in [1.165, 1.54) is 6.42 Å². The van der Waals surface area contributed by atoms with Gasteiger partial charge < -0.3 is 15.0 Å². The quantitative estimate of drug-likeness (QED) is 0.780. The fourth-order valence-corrected chi connectivity index (χ4v) is 2.48. The van der Waals surface area contributed by atoms with Gasteiger partial charge in [-0.05, 0) is 25.6 Å². The van der Waals surface area contributed by atoms with Crippen molar-refractivity contribution in [2.45, 2.75) is 19.8 Å². The molecular formula is C17H27N3O2. The number of hydrogen-bond donors (Lipinski definition) is 1. The lowest BCUT2D eigenvalue weighted by Gasteiger charge is -2.28. The molecule has 1 aliphatic heterocycles. The summed E-state index contributed by atoms with van der Waals surface area (Å²) >= 11 is 0. The van der Waals surface area contributed by atoms with Crippen LogP contribution >= 0.6 is 0 Å². The van der Waals surface area contributed by atoms with Gasteiger partial charge in [-0.25, -0.2) is 0 Å². The standard InChI is InChI=1S/C17H27N3O2/c1-3-4-11-19(2)14-22-16-8-6-5-7-15(16)17(21)20-12-9-18-10-13-20/h5-8,18H,3-4,9-14H2,1-2H3. The van der Waals surface area contributed by atoms with E-state index < -0.39 is 0 Å². The third-order valence-corrected chi connectivity index (χ3v) is 3.86. The molecule has 1 aromatic carbocycles. The summed E-state index contributed by atoms with van der Waals surface area (Å²) in [6, 6.07) is 7.54. The molecule has 0 spiro atoms. The highest BCUT2D eigenvalue weighted by Gasteiger charge is 2.21. The molecule has 1 fully saturated rings. The maximum atomic E-state index is 12.6. The number of rotatable bonds is 7. The van der Waals surface area contributed by atoms with Crippen LogP contribution in [0, 0.1) is 0 Å². The molecule has 0 aliphatic carbocycles. The van der Waals surface area contributed by atoms with E-state index in [4.69, 9.17) is 4.74 Å². The lowest BCUT2D eigenvalue weighted by atomic mass is 10.1. The Kier molecular flexibility index (Phi) is 6.68. The zero-order valence-corrected chi connectivity index (χ0v) is 13.7. The maximum absolute atomic E-state index is 12.6. The summed E-state index contributed by atoms with van der Waals surface area (Å²) in [5.41, 5.74) is 0.660. The summed E-state index contributed by atoms with van der Waals surface area (Å²) in [4.78, 5) is 16.7. The number of hydrogen-bond acceptors (Lipinski definition) is 4. The van der Waals surface area contributed by atoms with Gasteiger partial charge >= 0.3 is 0 Å². The van der Waals surface area contributed by atoms with E-state index in [-0.39, 0.29) is 5.91 Å². The smallest absolute Gasteiger partial charge is 0.257 e. The SMILES string of the molecule is CCCCN(C)COc1ccccc1C(=O)N1CCNCC1. The largest absolute Gasteiger partial charge is 0.477 e. The molecule has 5 heteroatoms. The Morgan fingerprint density at radius 2 is 2.05 bits per heavy atom. The number of unbranched alkanes of at least 4 members (excludes halogenated alkanes) is 1. The van der Waals surface area contributed by atoms with Gasteiger partial charge in [0.25, 0.3) is 5.91 Å². The van der Waals surface area contributed by atoms with Gasteiger partial charge in [0, 0.05) is 32.7 Å². The van der Waals surface area contributed by atoms with Crippen molar-refractivity contribution in [1.29, 1.82) is 0 Å². The predicted octanol–water partition coefficient (Wildman–Crippen LogP) is 1.80. The maximum Gasteiger partial charge on any atom is 0.257 e. The van der Waals surface area contributed by atoms with Crippen molar-refractivity contribution in [2.75, 3.05) is 46.5 Å². The fourth-order valence-electron chi connectivity index (χ4n) is 2.48. The van der Waals surface area contributed by atoms with Gasteiger partial charge in [-0.3, -0.25) is 9.69 Å². The molecule has 1 amide bonds. The molecular weight excluding hydrogens is 278 g/mol. The van der Waals surface area contributed by atoms with Crippen LogP contribution in [0.25, 0.3) is 0 Å². The highest BCUT2D eigenvalue weighted by atomic mass is 16.5. The molecule has 0 radical (unpaired) electrons. The summed E-state index contributed by atoms with van der Waals surface area (Å²) in [5.74, 6) is 0.739. The van der Waals surface area contributed by atoms with Crippen LogP contribution in [0.2, 0.25) is 0 Å². The van der Waals surface area contributed by atoms with Crippen molar-refractivity contribution in [3.8, 4) is 5.75 Å². The van der Waals surface area contributed by atoms with Gasteiger partial charge in [-0.2, -0.15) is 0 Å². The minimum absolute atomic E-state index is 0.0633. The third kappa shape index (κ3) is 4.71. The first-order valence-corrected chi connectivity index (χ1v) is 8.12. The number of para-hydroxylation sites is 1. The van der Waals surface area contributed by atoms with E-state index in [1.54, 1.807) is 0 Å². The second kappa shape index (κ2) is 8.76. The first kappa shape index (κ1) is 16.8. The third-order valence-electron chi connectivity index (χ3n) is 3.86. The van der Waals surface area contributed by atoms with Crippen molar-refractivity contribution >= 4 is 5.91 Å². The Morgan fingerprint density at radius 3 is 2.77 bits per heavy atom. The molecule has 1 heterocycles. The molecule has 1 N–H and O–H groups in total. The number of amides is 1. The Morgan fingerprint density at radius 1 is 1.32 bits per heavy atom. The van der Waals surface area contributed by atoms with E-state index in [1.807, 2.05) is 36.2 Å². The zero-order valence-electron chi connectivity index (χ0n) is 13.7. The van der Waals surface area contributed by atoms with Gasteiger partial charge in [-0.15, -0.1) is 0 Å². The highest BCUT2D eigenvalue weighted by Crippen LogP contribution is 2.20. The van der Waals surface area contributed by atoms with Crippen LogP contribution in [0.1, 0.15) is 30.1 Å². The second-order valence-corrected chi connectivity index (χ2v) is 5.75. The molecule has 1 saturated heterocycles. The van der Waals surface area contributed by atoms with E-state index in [9.17, 15) is 4.79 Å². The van der Waals surface area contributed by atoms with Gasteiger partial charge in [0.1, 0.15) is 12.5 Å². The number of carbonyl (C=O) groups excluding carboxylic acids is 1. The number of piperazine rings is 1. The normalized spacial score (nSPS) is 15.1. The molecule has 0 aromatic heterocycles. The molecule has 5 nitrogen and oxygen atoms in total. The van der Waals surface area contributed by atoms with Crippen molar-refractivity contribution in [2.24, 2.45) is 0 Å². The van der Waals surface area contributed by atoms with Crippen LogP contribution in [0.3, 0.4) is 0 Å². The van der Waals surface area contributed by atoms with E-state index in [0.717, 1.165) is 39.1 Å². The van der Waals surface area contributed by atoms with Crippen molar-refractivity contribution in [3.63, 3.8) is 0 Å². The van der Waals surface area contributed by atoms with Crippen molar-refractivity contribution < 1.29 is 9.53 Å². The summed E-state index contributed by atoms with van der Waals surface area (Å²) < 4.78 is 5.87. The number of nitrogens with one attached hydrogen (secondary N) is 1. The molecule has 2 rings (SSSR count). The first-order valence-electron chi connectivity index (χ1n) is 8.12. The fraction of sp³-hybridized carbons (Fsp3) is 0.588. The molecule has 0 bridgehead atoms. The van der Waals surface area contributed by atoms with E-state index in [2.05, 4.69) is 17.1 Å². The summed E-state index contributed by atoms with van der Waals surface area (Å²) in [7, 11) is 2.04. The Hall–Kier alpha value is -1.59. The van der Waals surface area contributed by atoms with Gasteiger partial charge in [0.15, 0.2) is 0 Å². The topological polar surface area (TPSA) is 44.8 Å². The minimum Gasteiger partial charge on any atom is -0.477 e. The van der Waals surface area contributed by atoms with E-state index >= 15 is 0 Å². The van der Waals surface area contributed by atoms with Crippen molar-refractivity contribution in [3.05, 3.63) is 29.8 Å². The molecule has 122 valence electrons. The van der Waals surface area contributed by atoms with Crippen LogP contribution in [-0.4, -0.2) is 62.2 Å². The van der Waals surface area contributed by atoms with Crippen LogP contribution in [0.15, 0.2) is 24.3 Å². The van der Waals surface area contributed by atoms with Crippen LogP contribution in [0.5, 0.6) is 5.75 Å². The number of ether oxygens (including phenoxy) is 1. The molecule has 22 heavy (non-hydrogen) atoms. The number of benzene rings is 1. The van der Waals surface area contributed by atoms with Crippen LogP contribution < -0.4 is 10.1 Å². The van der Waals surface area contributed by atoms with Crippen LogP contribution in [-0.2, 0) is 0 Å². The van der Waals surface area contributed by atoms with Crippen molar-refractivity contribution in [1.82, 2.24) is 15.1 Å². The second-order valence-electron chi connectivity index (χ2n) is 5.75. The highest BCUT2D eigenvalue weighted by molar-refractivity contribution is 5.97. The summed E-state index contributed by atoms with van der Waals surface area (Å²) in [5, 5.41) is 3.26. The minimum atomic E-state index is 0.0633. The molecule has 1 aliphatic rings. The molecule has 0 saturated carbocycles. The Balaban J connectivity index is 1.98. The molecule has 0 unspecified atom stereocenters. The lowest BCUT2D eigenvalue weighted by Crippen LogP contribution is -2.46. The average Bonchev–Trinajstić information content (AvgIpc) is 2.58. The number of nitrogens with zero attached hydrogens (tertiary/aromatic N) is 2. The lowest BCUT2D eigenvalue weighted by molar-refractivity contribution is 0.0726. The predicted molar refractivity (Wildman–Crippen MR) is 88.2 cm³/mol. The van der Waals surface area contributed by atoms with Gasteiger partial charge in [-0.1, -0.05) is 25.5 Å². The van der Waals surface area contributed by atoms with E-state index in [0.29, 0.717) is 18.0 Å². The summed E-state index contributed by atoms with van der Waals surface area (Å²) in [6.07, 6.45) is 2.32. The first-order chi connectivity index (χ1) is 10.7. The molecule has 1 aromatic rings. The number of carbonyl (C=O) groups is 1. The Bertz CT molecular complexity index is 473. The zero-order chi connectivity index (χ0) is 15.8. The monoisotopic (exact) mass is 305 g/mol. The summed E-state index contributed by atoms with van der Waals surface area (Å²) in [6.45, 7) is 6.91. The molecule has 0 atom stereocenters. The van der Waals surface area contributed by atoms with Gasteiger partial charge in [0.05, 0.1) is 5.56 Å². The Labute approximate surface area is 133 Å². The average molecular weight is 305 g/mol. The van der Waals surface area contributed by atoms with Crippen LogP contribution in [0.4, 0.5) is 0 Å². The van der Waals surface area contributed by atoms with Gasteiger partial charge in [0.2, 0.25) is 0 Å².